The standard InChI is InChI=1S/C22H25N3OS/c26-22(19-6-8-21(9-7-19)25-10-1-2-11-25)23-20-5-3-4-18(16-20)17-24-12-14-27-15-13-24/h1-9,16H,10-15,17H2,(H,23,26). The lowest BCUT2D eigenvalue weighted by molar-refractivity contribution is 0.102. The molecule has 5 heteroatoms. The van der Waals surface area contributed by atoms with Crippen LogP contribution in [0.3, 0.4) is 0 Å². The lowest BCUT2D eigenvalue weighted by Crippen LogP contribution is -2.31. The molecule has 0 atom stereocenters. The van der Waals surface area contributed by atoms with Crippen molar-refractivity contribution in [2.75, 3.05) is 47.9 Å². The van der Waals surface area contributed by atoms with Crippen LogP contribution in [0.5, 0.6) is 0 Å². The van der Waals surface area contributed by atoms with E-state index < -0.39 is 0 Å². The van der Waals surface area contributed by atoms with Gasteiger partial charge in [0.15, 0.2) is 0 Å². The van der Waals surface area contributed by atoms with Crippen molar-refractivity contribution in [3.63, 3.8) is 0 Å². The summed E-state index contributed by atoms with van der Waals surface area (Å²) in [7, 11) is 0. The Hall–Kier alpha value is -2.24. The Morgan fingerprint density at radius 2 is 1.74 bits per heavy atom. The van der Waals surface area contributed by atoms with E-state index in [0.29, 0.717) is 5.56 Å². The molecule has 1 N–H and O–H groups in total. The van der Waals surface area contributed by atoms with Crippen LogP contribution in [-0.2, 0) is 6.54 Å². The minimum atomic E-state index is -0.0624. The molecule has 4 nitrogen and oxygen atoms in total. The molecule has 0 saturated carbocycles. The fraction of sp³-hybridized carbons (Fsp3) is 0.318. The van der Waals surface area contributed by atoms with Gasteiger partial charge in [-0.2, -0.15) is 11.8 Å². The first-order valence-corrected chi connectivity index (χ1v) is 10.6. The number of carbonyl (C=O) groups is 1. The number of hydrogen-bond donors (Lipinski definition) is 1. The summed E-state index contributed by atoms with van der Waals surface area (Å²) in [6.07, 6.45) is 4.33. The van der Waals surface area contributed by atoms with Crippen LogP contribution in [-0.4, -0.2) is 48.5 Å². The van der Waals surface area contributed by atoms with E-state index in [1.165, 1.54) is 17.1 Å². The average Bonchev–Trinajstić information content (AvgIpc) is 3.24. The van der Waals surface area contributed by atoms with Gasteiger partial charge in [0, 0.05) is 61.2 Å². The predicted molar refractivity (Wildman–Crippen MR) is 115 cm³/mol. The summed E-state index contributed by atoms with van der Waals surface area (Å²) in [5.74, 6) is 2.35. The maximum atomic E-state index is 12.6. The third kappa shape index (κ3) is 4.73. The van der Waals surface area contributed by atoms with Crippen molar-refractivity contribution >= 4 is 29.0 Å². The van der Waals surface area contributed by atoms with Crippen molar-refractivity contribution in [3.8, 4) is 0 Å². The van der Waals surface area contributed by atoms with Crippen molar-refractivity contribution in [2.45, 2.75) is 6.54 Å². The number of hydrogen-bond acceptors (Lipinski definition) is 4. The average molecular weight is 380 g/mol. The largest absolute Gasteiger partial charge is 0.364 e. The highest BCUT2D eigenvalue weighted by Gasteiger charge is 2.12. The molecule has 1 saturated heterocycles. The molecule has 2 heterocycles. The van der Waals surface area contributed by atoms with Gasteiger partial charge in [-0.1, -0.05) is 24.3 Å². The molecule has 0 radical (unpaired) electrons. The predicted octanol–water partition coefficient (Wildman–Crippen LogP) is 3.86. The summed E-state index contributed by atoms with van der Waals surface area (Å²) in [6.45, 7) is 5.10. The maximum Gasteiger partial charge on any atom is 0.255 e. The highest BCUT2D eigenvalue weighted by molar-refractivity contribution is 7.99. The first-order chi connectivity index (χ1) is 13.3. The van der Waals surface area contributed by atoms with E-state index >= 15 is 0 Å². The Bertz CT molecular complexity index is 805. The number of amides is 1. The quantitative estimate of drug-likeness (QED) is 0.800. The van der Waals surface area contributed by atoms with Crippen LogP contribution >= 0.6 is 11.8 Å². The zero-order chi connectivity index (χ0) is 18.5. The molecule has 2 aliphatic heterocycles. The van der Waals surface area contributed by atoms with E-state index in [1.54, 1.807) is 0 Å². The fourth-order valence-corrected chi connectivity index (χ4v) is 4.46. The van der Waals surface area contributed by atoms with Crippen LogP contribution in [0.15, 0.2) is 60.7 Å². The number of benzene rings is 2. The van der Waals surface area contributed by atoms with Gasteiger partial charge in [-0.15, -0.1) is 0 Å². The van der Waals surface area contributed by atoms with Crippen LogP contribution in [0.2, 0.25) is 0 Å². The lowest BCUT2D eigenvalue weighted by Gasteiger charge is -2.26. The molecule has 2 aromatic carbocycles. The van der Waals surface area contributed by atoms with Gasteiger partial charge in [0.05, 0.1) is 0 Å². The van der Waals surface area contributed by atoms with Gasteiger partial charge >= 0.3 is 0 Å². The molecule has 2 aliphatic rings. The van der Waals surface area contributed by atoms with Crippen LogP contribution in [0, 0.1) is 0 Å². The molecule has 0 aromatic heterocycles. The fourth-order valence-electron chi connectivity index (χ4n) is 3.48. The van der Waals surface area contributed by atoms with E-state index in [9.17, 15) is 4.79 Å². The summed E-state index contributed by atoms with van der Waals surface area (Å²) in [4.78, 5) is 17.3. The highest BCUT2D eigenvalue weighted by Crippen LogP contribution is 2.19. The Morgan fingerprint density at radius 3 is 2.48 bits per heavy atom. The molecule has 1 amide bonds. The monoisotopic (exact) mass is 379 g/mol. The van der Waals surface area contributed by atoms with Gasteiger partial charge in [-0.25, -0.2) is 0 Å². The van der Waals surface area contributed by atoms with Crippen molar-refractivity contribution < 1.29 is 4.79 Å². The molecule has 0 aliphatic carbocycles. The number of nitrogens with one attached hydrogen (secondary N) is 1. The van der Waals surface area contributed by atoms with Gasteiger partial charge in [0.25, 0.3) is 5.91 Å². The topological polar surface area (TPSA) is 35.6 Å². The minimum Gasteiger partial charge on any atom is -0.364 e. The van der Waals surface area contributed by atoms with Gasteiger partial charge in [-0.3, -0.25) is 9.69 Å². The Morgan fingerprint density at radius 1 is 1.00 bits per heavy atom. The normalized spacial score (nSPS) is 17.3. The highest BCUT2D eigenvalue weighted by atomic mass is 32.2. The van der Waals surface area contributed by atoms with E-state index in [-0.39, 0.29) is 5.91 Å². The van der Waals surface area contributed by atoms with Gasteiger partial charge in [-0.05, 0) is 42.0 Å². The van der Waals surface area contributed by atoms with Crippen LogP contribution in [0.1, 0.15) is 15.9 Å². The van der Waals surface area contributed by atoms with Gasteiger partial charge < -0.3 is 10.2 Å². The number of nitrogens with zero attached hydrogens (tertiary/aromatic N) is 2. The number of rotatable bonds is 5. The summed E-state index contributed by atoms with van der Waals surface area (Å²) in [6, 6.07) is 16.0. The van der Waals surface area contributed by atoms with Crippen LogP contribution in [0.4, 0.5) is 11.4 Å². The molecular formula is C22H25N3OS. The van der Waals surface area contributed by atoms with E-state index in [2.05, 4.69) is 39.4 Å². The number of anilines is 2. The molecule has 0 bridgehead atoms. The maximum absolute atomic E-state index is 12.6. The molecule has 4 rings (SSSR count). The Balaban J connectivity index is 1.38. The Labute approximate surface area is 165 Å². The lowest BCUT2D eigenvalue weighted by atomic mass is 10.1. The summed E-state index contributed by atoms with van der Waals surface area (Å²) < 4.78 is 0. The zero-order valence-electron chi connectivity index (χ0n) is 15.4. The van der Waals surface area contributed by atoms with Crippen molar-refractivity contribution in [2.24, 2.45) is 0 Å². The van der Waals surface area contributed by atoms with Crippen molar-refractivity contribution in [1.29, 1.82) is 0 Å². The van der Waals surface area contributed by atoms with E-state index in [4.69, 9.17) is 0 Å². The van der Waals surface area contributed by atoms with Gasteiger partial charge in [0.2, 0.25) is 0 Å². The summed E-state index contributed by atoms with van der Waals surface area (Å²) >= 11 is 2.02. The SMILES string of the molecule is O=C(Nc1cccc(CN2CCSCC2)c1)c1ccc(N2CC=CC2)cc1. The second kappa shape index (κ2) is 8.63. The first kappa shape index (κ1) is 18.1. The van der Waals surface area contributed by atoms with E-state index in [0.717, 1.165) is 44.1 Å². The summed E-state index contributed by atoms with van der Waals surface area (Å²) in [5, 5.41) is 3.04. The molecule has 27 heavy (non-hydrogen) atoms. The Kier molecular flexibility index (Phi) is 5.80. The van der Waals surface area contributed by atoms with E-state index in [1.807, 2.05) is 48.2 Å². The van der Waals surface area contributed by atoms with Crippen molar-refractivity contribution in [3.05, 3.63) is 71.8 Å². The third-order valence-electron chi connectivity index (χ3n) is 5.01. The first-order valence-electron chi connectivity index (χ1n) is 9.48. The molecule has 140 valence electrons. The summed E-state index contributed by atoms with van der Waals surface area (Å²) in [5.41, 5.74) is 3.94. The molecule has 1 fully saturated rings. The van der Waals surface area contributed by atoms with Crippen molar-refractivity contribution in [1.82, 2.24) is 4.90 Å². The second-order valence-electron chi connectivity index (χ2n) is 6.97. The molecule has 0 unspecified atom stereocenters. The van der Waals surface area contributed by atoms with Crippen LogP contribution < -0.4 is 10.2 Å². The molecule has 0 spiro atoms. The number of carbonyl (C=O) groups excluding carboxylic acids is 1. The van der Waals surface area contributed by atoms with Crippen LogP contribution in [0.25, 0.3) is 0 Å². The molecular weight excluding hydrogens is 354 g/mol. The minimum absolute atomic E-state index is 0.0624. The smallest absolute Gasteiger partial charge is 0.255 e. The number of thioether (sulfide) groups is 1. The second-order valence-corrected chi connectivity index (χ2v) is 8.19. The molecule has 2 aromatic rings. The zero-order valence-corrected chi connectivity index (χ0v) is 16.3. The third-order valence-corrected chi connectivity index (χ3v) is 5.95. The van der Waals surface area contributed by atoms with Gasteiger partial charge in [0.1, 0.15) is 0 Å².